The van der Waals surface area contributed by atoms with Crippen LogP contribution in [0.5, 0.6) is 5.75 Å². The lowest BCUT2D eigenvalue weighted by Gasteiger charge is -2.25. The first-order valence-electron chi connectivity index (χ1n) is 9.02. The molecule has 136 valence electrons. The second kappa shape index (κ2) is 9.20. The Balaban J connectivity index is 1.75. The van der Waals surface area contributed by atoms with Crippen molar-refractivity contribution < 1.29 is 14.3 Å². The first kappa shape index (κ1) is 18.2. The fourth-order valence-corrected chi connectivity index (χ4v) is 3.14. The Labute approximate surface area is 155 Å². The third-order valence-corrected chi connectivity index (χ3v) is 4.53. The number of hydrogen-bond donors (Lipinski definition) is 0. The highest BCUT2D eigenvalue weighted by Crippen LogP contribution is 2.21. The first-order valence-corrected chi connectivity index (χ1v) is 9.02. The van der Waals surface area contributed by atoms with Crippen molar-refractivity contribution in [2.45, 2.75) is 25.5 Å². The maximum Gasteiger partial charge on any atom is 0.246 e. The van der Waals surface area contributed by atoms with E-state index in [9.17, 15) is 4.79 Å². The van der Waals surface area contributed by atoms with Gasteiger partial charge in [0, 0.05) is 31.3 Å². The molecular formula is C22H25NO3. The van der Waals surface area contributed by atoms with Crippen LogP contribution in [0.15, 0.2) is 60.7 Å². The number of carbonyl (C=O) groups is 1. The number of amides is 1. The van der Waals surface area contributed by atoms with Crippen LogP contribution < -0.4 is 4.74 Å². The van der Waals surface area contributed by atoms with E-state index in [-0.39, 0.29) is 12.0 Å². The zero-order valence-corrected chi connectivity index (χ0v) is 15.1. The molecule has 0 saturated carbocycles. The predicted octanol–water partition coefficient (Wildman–Crippen LogP) is 3.92. The van der Waals surface area contributed by atoms with Crippen molar-refractivity contribution in [1.29, 1.82) is 0 Å². The smallest absolute Gasteiger partial charge is 0.246 e. The van der Waals surface area contributed by atoms with Crippen LogP contribution in [0.2, 0.25) is 0 Å². The Morgan fingerprint density at radius 3 is 2.69 bits per heavy atom. The summed E-state index contributed by atoms with van der Waals surface area (Å²) in [5.74, 6) is 0.778. The Morgan fingerprint density at radius 1 is 1.19 bits per heavy atom. The van der Waals surface area contributed by atoms with Gasteiger partial charge in [0.1, 0.15) is 5.75 Å². The van der Waals surface area contributed by atoms with E-state index in [0.717, 1.165) is 36.3 Å². The molecule has 4 heteroatoms. The molecule has 1 unspecified atom stereocenters. The van der Waals surface area contributed by atoms with Crippen molar-refractivity contribution in [3.63, 3.8) is 0 Å². The molecule has 1 aliphatic rings. The minimum absolute atomic E-state index is 0.0183. The number of ether oxygens (including phenoxy) is 2. The van der Waals surface area contributed by atoms with Crippen LogP contribution in [-0.2, 0) is 16.1 Å². The lowest BCUT2D eigenvalue weighted by molar-refractivity contribution is -0.128. The Hall–Kier alpha value is -2.59. The summed E-state index contributed by atoms with van der Waals surface area (Å²) in [7, 11) is 1.65. The molecule has 1 heterocycles. The summed E-state index contributed by atoms with van der Waals surface area (Å²) in [6.45, 7) is 1.87. The lowest BCUT2D eigenvalue weighted by atomic mass is 10.1. The molecule has 0 N–H and O–H groups in total. The quantitative estimate of drug-likeness (QED) is 0.710. The van der Waals surface area contributed by atoms with Crippen LogP contribution in [0, 0.1) is 0 Å². The fraction of sp³-hybridized carbons (Fsp3) is 0.318. The average Bonchev–Trinajstić information content (AvgIpc) is 3.20. The zero-order valence-electron chi connectivity index (χ0n) is 15.1. The van der Waals surface area contributed by atoms with Gasteiger partial charge in [-0.05, 0) is 30.5 Å². The van der Waals surface area contributed by atoms with E-state index < -0.39 is 0 Å². The molecule has 0 aromatic heterocycles. The standard InChI is InChI=1S/C22H25NO3/c1-25-21-12-6-5-10-19(21)16-23(17-20-11-7-15-26-20)22(24)14-13-18-8-3-2-4-9-18/h2-6,8-10,12-14,20H,7,11,15-17H2,1H3/b14-13+. The molecule has 4 nitrogen and oxygen atoms in total. The summed E-state index contributed by atoms with van der Waals surface area (Å²) in [5, 5.41) is 0. The van der Waals surface area contributed by atoms with Gasteiger partial charge in [-0.1, -0.05) is 48.5 Å². The topological polar surface area (TPSA) is 38.8 Å². The van der Waals surface area contributed by atoms with E-state index in [2.05, 4.69) is 0 Å². The van der Waals surface area contributed by atoms with Crippen molar-refractivity contribution in [2.75, 3.05) is 20.3 Å². The van der Waals surface area contributed by atoms with E-state index in [1.807, 2.05) is 65.6 Å². The van der Waals surface area contributed by atoms with Crippen molar-refractivity contribution in [3.05, 3.63) is 71.8 Å². The Morgan fingerprint density at radius 2 is 1.96 bits per heavy atom. The minimum atomic E-state index is -0.0183. The highest BCUT2D eigenvalue weighted by Gasteiger charge is 2.22. The zero-order chi connectivity index (χ0) is 18.2. The van der Waals surface area contributed by atoms with Gasteiger partial charge >= 0.3 is 0 Å². The molecule has 0 bridgehead atoms. The van der Waals surface area contributed by atoms with Gasteiger partial charge in [-0.25, -0.2) is 0 Å². The molecule has 1 saturated heterocycles. The molecule has 1 fully saturated rings. The monoisotopic (exact) mass is 351 g/mol. The number of rotatable bonds is 7. The van der Waals surface area contributed by atoms with Gasteiger partial charge in [0.2, 0.25) is 5.91 Å². The van der Waals surface area contributed by atoms with Crippen molar-refractivity contribution in [1.82, 2.24) is 4.90 Å². The predicted molar refractivity (Wildman–Crippen MR) is 103 cm³/mol. The van der Waals surface area contributed by atoms with E-state index in [1.54, 1.807) is 13.2 Å². The largest absolute Gasteiger partial charge is 0.496 e. The van der Waals surface area contributed by atoms with Crippen molar-refractivity contribution in [2.24, 2.45) is 0 Å². The number of hydrogen-bond acceptors (Lipinski definition) is 3. The van der Waals surface area contributed by atoms with Crippen LogP contribution in [0.25, 0.3) is 6.08 Å². The third kappa shape index (κ3) is 4.96. The Kier molecular flexibility index (Phi) is 6.45. The van der Waals surface area contributed by atoms with Crippen LogP contribution in [0.4, 0.5) is 0 Å². The molecule has 1 aliphatic heterocycles. The number of methoxy groups -OCH3 is 1. The van der Waals surface area contributed by atoms with Crippen LogP contribution in [-0.4, -0.2) is 37.2 Å². The fourth-order valence-electron chi connectivity index (χ4n) is 3.14. The normalized spacial score (nSPS) is 16.7. The summed E-state index contributed by atoms with van der Waals surface area (Å²) < 4.78 is 11.2. The first-order chi connectivity index (χ1) is 12.8. The van der Waals surface area contributed by atoms with Crippen LogP contribution in [0.3, 0.4) is 0 Å². The number of benzene rings is 2. The maximum absolute atomic E-state index is 12.9. The van der Waals surface area contributed by atoms with Gasteiger partial charge in [0.05, 0.1) is 13.2 Å². The van der Waals surface area contributed by atoms with Gasteiger partial charge in [0.25, 0.3) is 0 Å². The van der Waals surface area contributed by atoms with E-state index in [4.69, 9.17) is 9.47 Å². The molecule has 1 amide bonds. The minimum Gasteiger partial charge on any atom is -0.496 e. The maximum atomic E-state index is 12.9. The summed E-state index contributed by atoms with van der Waals surface area (Å²) in [6.07, 6.45) is 5.66. The molecule has 2 aromatic carbocycles. The van der Waals surface area contributed by atoms with Gasteiger partial charge in [0.15, 0.2) is 0 Å². The molecular weight excluding hydrogens is 326 g/mol. The Bertz CT molecular complexity index is 736. The van der Waals surface area contributed by atoms with Gasteiger partial charge in [-0.3, -0.25) is 4.79 Å². The molecule has 3 rings (SSSR count). The molecule has 0 aliphatic carbocycles. The summed E-state index contributed by atoms with van der Waals surface area (Å²) >= 11 is 0. The second-order valence-corrected chi connectivity index (χ2v) is 6.41. The molecule has 0 radical (unpaired) electrons. The molecule has 1 atom stereocenters. The molecule has 26 heavy (non-hydrogen) atoms. The molecule has 0 spiro atoms. The lowest BCUT2D eigenvalue weighted by Crippen LogP contribution is -2.36. The second-order valence-electron chi connectivity index (χ2n) is 6.41. The average molecular weight is 351 g/mol. The number of nitrogens with zero attached hydrogens (tertiary/aromatic N) is 1. The van der Waals surface area contributed by atoms with Gasteiger partial charge in [-0.15, -0.1) is 0 Å². The van der Waals surface area contributed by atoms with Gasteiger partial charge < -0.3 is 14.4 Å². The number of para-hydroxylation sites is 1. The van der Waals surface area contributed by atoms with E-state index in [0.29, 0.717) is 13.1 Å². The SMILES string of the molecule is COc1ccccc1CN(CC1CCCO1)C(=O)/C=C/c1ccccc1. The van der Waals surface area contributed by atoms with Gasteiger partial charge in [-0.2, -0.15) is 0 Å². The summed E-state index contributed by atoms with van der Waals surface area (Å²) in [6, 6.07) is 17.7. The van der Waals surface area contributed by atoms with Crippen molar-refractivity contribution >= 4 is 12.0 Å². The number of carbonyl (C=O) groups excluding carboxylic acids is 1. The highest BCUT2D eigenvalue weighted by molar-refractivity contribution is 5.91. The summed E-state index contributed by atoms with van der Waals surface area (Å²) in [5.41, 5.74) is 2.00. The van der Waals surface area contributed by atoms with Crippen molar-refractivity contribution in [3.8, 4) is 5.75 Å². The van der Waals surface area contributed by atoms with E-state index in [1.165, 1.54) is 0 Å². The third-order valence-electron chi connectivity index (χ3n) is 4.53. The summed E-state index contributed by atoms with van der Waals surface area (Å²) in [4.78, 5) is 14.7. The highest BCUT2D eigenvalue weighted by atomic mass is 16.5. The van der Waals surface area contributed by atoms with E-state index >= 15 is 0 Å². The van der Waals surface area contributed by atoms with Crippen LogP contribution in [0.1, 0.15) is 24.0 Å². The molecule has 2 aromatic rings. The van der Waals surface area contributed by atoms with Crippen LogP contribution >= 0.6 is 0 Å².